The zero-order valence-corrected chi connectivity index (χ0v) is 11.9. The van der Waals surface area contributed by atoms with Crippen LogP contribution in [0, 0.1) is 20.8 Å². The highest BCUT2D eigenvalue weighted by Gasteiger charge is 2.17. The average molecular weight is 276 g/mol. The van der Waals surface area contributed by atoms with Gasteiger partial charge in [0.15, 0.2) is 0 Å². The number of nitrogens with one attached hydrogen (secondary N) is 1. The van der Waals surface area contributed by atoms with Crippen molar-refractivity contribution in [3.8, 4) is 6.01 Å². The molecule has 0 unspecified atom stereocenters. The van der Waals surface area contributed by atoms with Crippen LogP contribution in [0.3, 0.4) is 0 Å². The first kappa shape index (κ1) is 14.0. The van der Waals surface area contributed by atoms with Gasteiger partial charge in [-0.05, 0) is 27.7 Å². The van der Waals surface area contributed by atoms with Gasteiger partial charge in [0.25, 0.3) is 5.91 Å². The molecule has 2 heterocycles. The maximum absolute atomic E-state index is 12.1. The van der Waals surface area contributed by atoms with Crippen molar-refractivity contribution in [2.24, 2.45) is 0 Å². The van der Waals surface area contributed by atoms with Crippen LogP contribution in [0.2, 0.25) is 0 Å². The molecule has 20 heavy (non-hydrogen) atoms. The summed E-state index contributed by atoms with van der Waals surface area (Å²) >= 11 is 0. The predicted molar refractivity (Wildman–Crippen MR) is 71.9 cm³/mol. The Morgan fingerprint density at radius 1 is 1.30 bits per heavy atom. The van der Waals surface area contributed by atoms with Crippen LogP contribution in [-0.2, 0) is 0 Å². The summed E-state index contributed by atoms with van der Waals surface area (Å²) in [6.07, 6.45) is 1.38. The highest BCUT2D eigenvalue weighted by atomic mass is 16.5. The summed E-state index contributed by atoms with van der Waals surface area (Å²) in [6.45, 7) is 7.60. The van der Waals surface area contributed by atoms with Crippen LogP contribution in [0.25, 0.3) is 0 Å². The molecule has 106 valence electrons. The molecule has 0 aliphatic heterocycles. The molecule has 0 saturated heterocycles. The minimum atomic E-state index is -0.303. The van der Waals surface area contributed by atoms with Gasteiger partial charge in [0.2, 0.25) is 0 Å². The Kier molecular flexibility index (Phi) is 3.97. The van der Waals surface area contributed by atoms with Crippen molar-refractivity contribution in [2.75, 3.05) is 11.9 Å². The van der Waals surface area contributed by atoms with Gasteiger partial charge in [0, 0.05) is 0 Å². The zero-order valence-electron chi connectivity index (χ0n) is 11.9. The van der Waals surface area contributed by atoms with Crippen LogP contribution < -0.4 is 10.1 Å². The number of amides is 1. The number of ether oxygens (including phenoxy) is 1. The number of anilines is 1. The summed E-state index contributed by atoms with van der Waals surface area (Å²) in [5.41, 5.74) is 2.24. The molecule has 0 fully saturated rings. The summed E-state index contributed by atoms with van der Waals surface area (Å²) in [5.74, 6) is 0.160. The van der Waals surface area contributed by atoms with E-state index in [0.717, 1.165) is 0 Å². The van der Waals surface area contributed by atoms with Gasteiger partial charge in [-0.3, -0.25) is 4.79 Å². The Morgan fingerprint density at radius 3 is 2.45 bits per heavy atom. The Labute approximate surface area is 116 Å². The molecule has 0 radical (unpaired) electrons. The lowest BCUT2D eigenvalue weighted by Gasteiger charge is -2.11. The highest BCUT2D eigenvalue weighted by Crippen LogP contribution is 2.20. The molecule has 0 aliphatic rings. The molecule has 2 rings (SSSR count). The Balaban J connectivity index is 2.26. The highest BCUT2D eigenvalue weighted by molar-refractivity contribution is 6.05. The molecule has 0 aromatic carbocycles. The van der Waals surface area contributed by atoms with Gasteiger partial charge >= 0.3 is 6.01 Å². The quantitative estimate of drug-likeness (QED) is 0.919. The second kappa shape index (κ2) is 5.68. The Morgan fingerprint density at radius 2 is 1.95 bits per heavy atom. The monoisotopic (exact) mass is 276 g/mol. The molecule has 1 N–H and O–H groups in total. The van der Waals surface area contributed by atoms with E-state index >= 15 is 0 Å². The van der Waals surface area contributed by atoms with Gasteiger partial charge in [-0.25, -0.2) is 0 Å². The van der Waals surface area contributed by atoms with Crippen molar-refractivity contribution in [3.05, 3.63) is 28.9 Å². The number of hydrogen-bond acceptors (Lipinski definition) is 6. The van der Waals surface area contributed by atoms with E-state index in [1.807, 2.05) is 6.92 Å². The maximum Gasteiger partial charge on any atom is 0.316 e. The van der Waals surface area contributed by atoms with E-state index in [0.29, 0.717) is 41.0 Å². The summed E-state index contributed by atoms with van der Waals surface area (Å²) in [6, 6.07) is 0.307. The molecule has 7 heteroatoms. The van der Waals surface area contributed by atoms with Gasteiger partial charge < -0.3 is 14.6 Å². The minimum Gasteiger partial charge on any atom is -0.464 e. The van der Waals surface area contributed by atoms with Crippen LogP contribution in [0.1, 0.15) is 34.4 Å². The number of nitrogens with zero attached hydrogens (tertiary/aromatic N) is 3. The largest absolute Gasteiger partial charge is 0.464 e. The standard InChI is InChI=1S/C13H16N4O3/c1-5-19-13-15-7(2)11(8(3)16-13)17-12(18)10-6-14-20-9(10)4/h6H,5H2,1-4H3,(H,17,18). The van der Waals surface area contributed by atoms with E-state index < -0.39 is 0 Å². The summed E-state index contributed by atoms with van der Waals surface area (Å²) in [4.78, 5) is 20.5. The van der Waals surface area contributed by atoms with E-state index in [2.05, 4.69) is 20.4 Å². The zero-order chi connectivity index (χ0) is 14.7. The van der Waals surface area contributed by atoms with Crippen LogP contribution in [0.5, 0.6) is 6.01 Å². The van der Waals surface area contributed by atoms with Crippen molar-refractivity contribution in [2.45, 2.75) is 27.7 Å². The number of rotatable bonds is 4. The molecule has 0 aliphatic carbocycles. The number of carbonyl (C=O) groups excluding carboxylic acids is 1. The lowest BCUT2D eigenvalue weighted by atomic mass is 10.2. The number of aromatic nitrogens is 3. The molecule has 0 bridgehead atoms. The first-order valence-corrected chi connectivity index (χ1v) is 6.23. The number of aryl methyl sites for hydroxylation is 3. The second-order valence-corrected chi connectivity index (χ2v) is 4.23. The summed E-state index contributed by atoms with van der Waals surface area (Å²) < 4.78 is 10.1. The van der Waals surface area contributed by atoms with Crippen molar-refractivity contribution in [3.63, 3.8) is 0 Å². The van der Waals surface area contributed by atoms with Gasteiger partial charge in [0.05, 0.1) is 29.9 Å². The van der Waals surface area contributed by atoms with E-state index in [9.17, 15) is 4.79 Å². The third-order valence-corrected chi connectivity index (χ3v) is 2.76. The SMILES string of the molecule is CCOc1nc(C)c(NC(=O)c2cnoc2C)c(C)n1. The van der Waals surface area contributed by atoms with Crippen LogP contribution in [-0.4, -0.2) is 27.6 Å². The molecule has 0 spiro atoms. The van der Waals surface area contributed by atoms with Gasteiger partial charge in [-0.2, -0.15) is 9.97 Å². The minimum absolute atomic E-state index is 0.303. The molecule has 2 aromatic rings. The lowest BCUT2D eigenvalue weighted by molar-refractivity contribution is 0.102. The third kappa shape index (κ3) is 2.76. The van der Waals surface area contributed by atoms with Crippen molar-refractivity contribution < 1.29 is 14.1 Å². The fourth-order valence-electron chi connectivity index (χ4n) is 1.76. The molecule has 7 nitrogen and oxygen atoms in total. The summed E-state index contributed by atoms with van der Waals surface area (Å²) in [7, 11) is 0. The molecule has 1 amide bonds. The van der Waals surface area contributed by atoms with Gasteiger partial charge in [-0.15, -0.1) is 0 Å². The van der Waals surface area contributed by atoms with Gasteiger partial charge in [0.1, 0.15) is 11.3 Å². The molecular formula is C13H16N4O3. The Bertz CT molecular complexity index is 613. The van der Waals surface area contributed by atoms with E-state index in [-0.39, 0.29) is 5.91 Å². The average Bonchev–Trinajstić information content (AvgIpc) is 2.80. The van der Waals surface area contributed by atoms with E-state index in [1.54, 1.807) is 20.8 Å². The smallest absolute Gasteiger partial charge is 0.316 e. The van der Waals surface area contributed by atoms with Crippen molar-refractivity contribution in [1.82, 2.24) is 15.1 Å². The first-order valence-electron chi connectivity index (χ1n) is 6.23. The van der Waals surface area contributed by atoms with E-state index in [1.165, 1.54) is 6.20 Å². The fraction of sp³-hybridized carbons (Fsp3) is 0.385. The lowest BCUT2D eigenvalue weighted by Crippen LogP contribution is -2.15. The Hall–Kier alpha value is -2.44. The first-order chi connectivity index (χ1) is 9.52. The maximum atomic E-state index is 12.1. The third-order valence-electron chi connectivity index (χ3n) is 2.76. The van der Waals surface area contributed by atoms with Crippen molar-refractivity contribution >= 4 is 11.6 Å². The molecule has 0 atom stereocenters. The fourth-order valence-corrected chi connectivity index (χ4v) is 1.76. The second-order valence-electron chi connectivity index (χ2n) is 4.23. The van der Waals surface area contributed by atoms with Crippen LogP contribution in [0.4, 0.5) is 5.69 Å². The topological polar surface area (TPSA) is 90.1 Å². The molecular weight excluding hydrogens is 260 g/mol. The van der Waals surface area contributed by atoms with Crippen LogP contribution >= 0.6 is 0 Å². The van der Waals surface area contributed by atoms with E-state index in [4.69, 9.17) is 9.26 Å². The predicted octanol–water partition coefficient (Wildman–Crippen LogP) is 2.04. The number of carbonyl (C=O) groups is 1. The normalized spacial score (nSPS) is 10.4. The van der Waals surface area contributed by atoms with Gasteiger partial charge in [-0.1, -0.05) is 5.16 Å². The van der Waals surface area contributed by atoms with Crippen LogP contribution in [0.15, 0.2) is 10.7 Å². The number of hydrogen-bond donors (Lipinski definition) is 1. The van der Waals surface area contributed by atoms with Crippen molar-refractivity contribution in [1.29, 1.82) is 0 Å². The summed E-state index contributed by atoms with van der Waals surface area (Å²) in [5, 5.41) is 6.35. The molecule has 2 aromatic heterocycles. The molecule has 0 saturated carbocycles.